The maximum absolute atomic E-state index is 9.42. The number of hydrogen-bond donors (Lipinski definition) is 0. The Morgan fingerprint density at radius 3 is 2.06 bits per heavy atom. The lowest BCUT2D eigenvalue weighted by atomic mass is 9.62. The Labute approximate surface area is 106 Å². The van der Waals surface area contributed by atoms with Crippen LogP contribution in [0.3, 0.4) is 0 Å². The van der Waals surface area contributed by atoms with Crippen molar-refractivity contribution in [1.82, 2.24) is 0 Å². The first-order chi connectivity index (χ1) is 8.70. The highest BCUT2D eigenvalue weighted by Crippen LogP contribution is 2.60. The second kappa shape index (κ2) is 4.03. The van der Waals surface area contributed by atoms with Crippen LogP contribution in [-0.4, -0.2) is 0 Å². The zero-order valence-electron chi connectivity index (χ0n) is 9.67. The molecule has 2 bridgehead atoms. The lowest BCUT2D eigenvalue weighted by Gasteiger charge is -2.29. The second-order valence-electron chi connectivity index (χ2n) is 4.65. The molecule has 2 atom stereocenters. The molecule has 4 nitrogen and oxygen atoms in total. The second-order valence-corrected chi connectivity index (χ2v) is 4.65. The number of nitrogens with zero attached hydrogens (tertiary/aromatic N) is 4. The van der Waals surface area contributed by atoms with Crippen molar-refractivity contribution in [1.29, 1.82) is 21.0 Å². The first-order valence-electron chi connectivity index (χ1n) is 5.69. The van der Waals surface area contributed by atoms with Gasteiger partial charge in [-0.3, -0.25) is 0 Å². The average Bonchev–Trinajstić information content (AvgIpc) is 2.67. The summed E-state index contributed by atoms with van der Waals surface area (Å²) in [5, 5.41) is 37.7. The van der Waals surface area contributed by atoms with Gasteiger partial charge in [-0.2, -0.15) is 21.0 Å². The molecule has 86 valence electrons. The third kappa shape index (κ3) is 1.15. The van der Waals surface area contributed by atoms with E-state index in [1.165, 1.54) is 0 Å². The molecule has 0 heterocycles. The van der Waals surface area contributed by atoms with Crippen LogP contribution in [0.2, 0.25) is 0 Å². The highest BCUT2D eigenvalue weighted by Gasteiger charge is 2.67. The van der Waals surface area contributed by atoms with Gasteiger partial charge in [0.15, 0.2) is 10.8 Å². The first kappa shape index (κ1) is 11.9. The van der Waals surface area contributed by atoms with Crippen LogP contribution in [0.4, 0.5) is 0 Å². The highest BCUT2D eigenvalue weighted by atomic mass is 14.7. The van der Waals surface area contributed by atoms with E-state index in [1.807, 2.05) is 36.4 Å². The summed E-state index contributed by atoms with van der Waals surface area (Å²) >= 11 is 0. The Balaban J connectivity index is 2.72. The molecule has 0 aromatic heterocycles. The van der Waals surface area contributed by atoms with Crippen molar-refractivity contribution < 1.29 is 0 Å². The van der Waals surface area contributed by atoms with E-state index in [-0.39, 0.29) is 11.8 Å². The summed E-state index contributed by atoms with van der Waals surface area (Å²) in [4.78, 5) is 0. The van der Waals surface area contributed by atoms with Crippen molar-refractivity contribution >= 4 is 0 Å². The van der Waals surface area contributed by atoms with Crippen molar-refractivity contribution in [2.24, 2.45) is 22.7 Å². The fraction of sp³-hybridized carbons (Fsp3) is 0.429. The van der Waals surface area contributed by atoms with Gasteiger partial charge in [0.2, 0.25) is 0 Å². The molecule has 4 heteroatoms. The third-order valence-corrected chi connectivity index (χ3v) is 4.05. The van der Waals surface area contributed by atoms with Crippen molar-refractivity contribution in [2.75, 3.05) is 0 Å². The van der Waals surface area contributed by atoms with E-state index in [1.54, 1.807) is 12.2 Å². The van der Waals surface area contributed by atoms with E-state index in [9.17, 15) is 21.0 Å². The van der Waals surface area contributed by atoms with Gasteiger partial charge < -0.3 is 0 Å². The van der Waals surface area contributed by atoms with Gasteiger partial charge in [-0.1, -0.05) is 24.3 Å². The lowest BCUT2D eigenvalue weighted by molar-refractivity contribution is 0.266. The lowest BCUT2D eigenvalue weighted by Crippen LogP contribution is -2.40. The summed E-state index contributed by atoms with van der Waals surface area (Å²) in [6, 6.07) is 7.87. The van der Waals surface area contributed by atoms with Crippen LogP contribution in [0.25, 0.3) is 0 Å². The maximum atomic E-state index is 9.42. The van der Waals surface area contributed by atoms with Crippen molar-refractivity contribution in [3.05, 3.63) is 24.3 Å². The van der Waals surface area contributed by atoms with Crippen LogP contribution in [0.1, 0.15) is 12.8 Å². The Hall–Kier alpha value is -2.56. The fourth-order valence-electron chi connectivity index (χ4n) is 3.04. The molecule has 0 amide bonds. The maximum Gasteiger partial charge on any atom is 0.181 e. The Morgan fingerprint density at radius 1 is 0.889 bits per heavy atom. The Morgan fingerprint density at radius 2 is 1.50 bits per heavy atom. The van der Waals surface area contributed by atoms with Gasteiger partial charge in [0, 0.05) is 5.92 Å². The molecule has 0 spiro atoms. The SMILES string of the molecule is N#CC1(C#N)[C@@H]2CC=CC=C[C@@H](C2)C1(C#N)C#N. The minimum absolute atomic E-state index is 0.266. The molecule has 2 rings (SSSR count). The number of allylic oxidation sites excluding steroid dienone is 4. The van der Waals surface area contributed by atoms with Gasteiger partial charge in [-0.15, -0.1) is 0 Å². The van der Waals surface area contributed by atoms with Crippen LogP contribution in [0, 0.1) is 68.0 Å². The minimum Gasteiger partial charge on any atom is -0.196 e. The van der Waals surface area contributed by atoms with Crippen molar-refractivity contribution in [2.45, 2.75) is 12.8 Å². The zero-order chi connectivity index (χ0) is 13.2. The molecule has 18 heavy (non-hydrogen) atoms. The summed E-state index contributed by atoms with van der Waals surface area (Å²) in [6.07, 6.45) is 8.35. The van der Waals surface area contributed by atoms with Gasteiger partial charge in [0.05, 0.1) is 24.3 Å². The minimum atomic E-state index is -1.57. The topological polar surface area (TPSA) is 95.2 Å². The summed E-state index contributed by atoms with van der Waals surface area (Å²) in [5.74, 6) is -0.625. The number of nitriles is 4. The summed E-state index contributed by atoms with van der Waals surface area (Å²) < 4.78 is 0. The van der Waals surface area contributed by atoms with Gasteiger partial charge in [0.25, 0.3) is 0 Å². The van der Waals surface area contributed by atoms with E-state index in [0.717, 1.165) is 0 Å². The first-order valence-corrected chi connectivity index (χ1v) is 5.69. The zero-order valence-corrected chi connectivity index (χ0v) is 9.67. The molecular formula is C14H10N4. The van der Waals surface area contributed by atoms with Gasteiger partial charge in [-0.05, 0) is 18.8 Å². The van der Waals surface area contributed by atoms with E-state index >= 15 is 0 Å². The van der Waals surface area contributed by atoms with Crippen LogP contribution < -0.4 is 0 Å². The van der Waals surface area contributed by atoms with Crippen molar-refractivity contribution in [3.8, 4) is 24.3 Å². The molecule has 1 saturated carbocycles. The molecule has 0 N–H and O–H groups in total. The van der Waals surface area contributed by atoms with Crippen LogP contribution >= 0.6 is 0 Å². The Bertz CT molecular complexity index is 557. The molecule has 0 saturated heterocycles. The molecule has 0 radical (unpaired) electrons. The smallest absolute Gasteiger partial charge is 0.181 e. The third-order valence-electron chi connectivity index (χ3n) is 4.05. The van der Waals surface area contributed by atoms with Crippen molar-refractivity contribution in [3.63, 3.8) is 0 Å². The predicted octanol–water partition coefficient (Wildman–Crippen LogP) is 2.21. The molecule has 0 aliphatic heterocycles. The molecule has 0 aromatic carbocycles. The standard InChI is InChI=1S/C14H10N4/c15-7-13(8-16)11-4-2-1-3-5-12(6-11)14(13,9-17)10-18/h1-4,11-12H,5-6H2/t11-,12+/m0/s1. The van der Waals surface area contributed by atoms with Crippen LogP contribution in [0.15, 0.2) is 24.3 Å². The number of fused-ring (bicyclic) bond motifs is 2. The van der Waals surface area contributed by atoms with E-state index < -0.39 is 10.8 Å². The summed E-state index contributed by atoms with van der Waals surface area (Å²) in [7, 11) is 0. The molecule has 0 unspecified atom stereocenters. The highest BCUT2D eigenvalue weighted by molar-refractivity contribution is 5.42. The van der Waals surface area contributed by atoms with Gasteiger partial charge >= 0.3 is 0 Å². The number of rotatable bonds is 0. The van der Waals surface area contributed by atoms with Crippen LogP contribution in [-0.2, 0) is 0 Å². The molecular weight excluding hydrogens is 224 g/mol. The molecule has 1 fully saturated rings. The number of hydrogen-bond acceptors (Lipinski definition) is 4. The molecule has 2 aliphatic rings. The fourth-order valence-corrected chi connectivity index (χ4v) is 3.04. The monoisotopic (exact) mass is 234 g/mol. The predicted molar refractivity (Wildman–Crippen MR) is 61.8 cm³/mol. The van der Waals surface area contributed by atoms with E-state index in [4.69, 9.17) is 0 Å². The molecule has 2 aliphatic carbocycles. The summed E-state index contributed by atoms with van der Waals surface area (Å²) in [6.45, 7) is 0. The quantitative estimate of drug-likeness (QED) is 0.641. The van der Waals surface area contributed by atoms with E-state index in [2.05, 4.69) is 0 Å². The van der Waals surface area contributed by atoms with Gasteiger partial charge in [0.1, 0.15) is 0 Å². The van der Waals surface area contributed by atoms with E-state index in [0.29, 0.717) is 12.8 Å². The average molecular weight is 234 g/mol. The van der Waals surface area contributed by atoms with Crippen LogP contribution in [0.5, 0.6) is 0 Å². The summed E-state index contributed by atoms with van der Waals surface area (Å²) in [5.41, 5.74) is -3.11. The van der Waals surface area contributed by atoms with Gasteiger partial charge in [-0.25, -0.2) is 0 Å². The molecule has 0 aromatic rings. The largest absolute Gasteiger partial charge is 0.196 e. The Kier molecular flexibility index (Phi) is 2.67. The normalized spacial score (nSPS) is 30.0.